The van der Waals surface area contributed by atoms with Crippen molar-refractivity contribution in [1.29, 1.82) is 0 Å². The zero-order valence-electron chi connectivity index (χ0n) is 11.7. The summed E-state index contributed by atoms with van der Waals surface area (Å²) < 4.78 is 19.7. The lowest BCUT2D eigenvalue weighted by Crippen LogP contribution is -2.07. The summed E-state index contributed by atoms with van der Waals surface area (Å²) in [6.45, 7) is 2.85. The maximum Gasteiger partial charge on any atom is 0.339 e. The number of carboxylic acids is 1. The number of aromatic hydroxyl groups is 1. The molecular formula is C16H15FO4. The molecule has 0 aromatic heterocycles. The molecule has 0 heterocycles. The Hall–Kier alpha value is -2.56. The lowest BCUT2D eigenvalue weighted by molar-refractivity contribution is 0.0691. The Morgan fingerprint density at radius 2 is 1.81 bits per heavy atom. The van der Waals surface area contributed by atoms with E-state index in [-0.39, 0.29) is 23.5 Å². The van der Waals surface area contributed by atoms with Crippen molar-refractivity contribution in [2.24, 2.45) is 0 Å². The van der Waals surface area contributed by atoms with E-state index in [9.17, 15) is 14.3 Å². The Balaban J connectivity index is 2.39. The number of halogens is 1. The first kappa shape index (κ1) is 14.8. The fourth-order valence-corrected chi connectivity index (χ4v) is 2.08. The molecule has 0 saturated heterocycles. The van der Waals surface area contributed by atoms with Gasteiger partial charge in [0.05, 0.1) is 0 Å². The van der Waals surface area contributed by atoms with Crippen molar-refractivity contribution in [3.05, 3.63) is 58.4 Å². The number of hydrogen-bond acceptors (Lipinski definition) is 3. The molecule has 0 aliphatic rings. The topological polar surface area (TPSA) is 66.8 Å². The summed E-state index contributed by atoms with van der Waals surface area (Å²) in [7, 11) is 0. The minimum absolute atomic E-state index is 0.0754. The van der Waals surface area contributed by atoms with E-state index >= 15 is 0 Å². The van der Waals surface area contributed by atoms with Gasteiger partial charge < -0.3 is 14.9 Å². The second-order valence-corrected chi connectivity index (χ2v) is 4.70. The van der Waals surface area contributed by atoms with Gasteiger partial charge in [-0.05, 0) is 19.4 Å². The van der Waals surface area contributed by atoms with Gasteiger partial charge in [-0.15, -0.1) is 0 Å². The quantitative estimate of drug-likeness (QED) is 0.905. The molecule has 0 radical (unpaired) electrons. The van der Waals surface area contributed by atoms with Crippen LogP contribution in [0.3, 0.4) is 0 Å². The van der Waals surface area contributed by atoms with Gasteiger partial charge in [-0.3, -0.25) is 0 Å². The highest BCUT2D eigenvalue weighted by atomic mass is 19.1. The molecule has 0 aliphatic heterocycles. The monoisotopic (exact) mass is 290 g/mol. The summed E-state index contributed by atoms with van der Waals surface area (Å²) in [5.74, 6) is -2.73. The number of phenols is 1. The Morgan fingerprint density at radius 1 is 1.19 bits per heavy atom. The smallest absolute Gasteiger partial charge is 0.339 e. The predicted molar refractivity (Wildman–Crippen MR) is 75.3 cm³/mol. The van der Waals surface area contributed by atoms with E-state index < -0.39 is 23.1 Å². The van der Waals surface area contributed by atoms with Gasteiger partial charge in [0, 0.05) is 11.1 Å². The summed E-state index contributed by atoms with van der Waals surface area (Å²) in [5.41, 5.74) is 0.341. The summed E-state index contributed by atoms with van der Waals surface area (Å²) in [4.78, 5) is 11.1. The third-order valence-corrected chi connectivity index (χ3v) is 3.28. The number of rotatable bonds is 4. The van der Waals surface area contributed by atoms with Crippen molar-refractivity contribution in [3.8, 4) is 11.5 Å². The van der Waals surface area contributed by atoms with Gasteiger partial charge in [-0.2, -0.15) is 0 Å². The molecule has 0 unspecified atom stereocenters. The van der Waals surface area contributed by atoms with E-state index in [1.807, 2.05) is 30.3 Å². The minimum Gasteiger partial charge on any atom is -0.507 e. The van der Waals surface area contributed by atoms with E-state index in [4.69, 9.17) is 9.84 Å². The SMILES string of the molecule is Cc1c(O)c(C(=O)O)c(C)c(F)c1OCc1ccccc1. The van der Waals surface area contributed by atoms with Gasteiger partial charge in [-0.1, -0.05) is 30.3 Å². The molecular weight excluding hydrogens is 275 g/mol. The maximum absolute atomic E-state index is 14.3. The summed E-state index contributed by atoms with van der Waals surface area (Å²) in [6.07, 6.45) is 0. The summed E-state index contributed by atoms with van der Waals surface area (Å²) in [5, 5.41) is 19.0. The van der Waals surface area contributed by atoms with Crippen molar-refractivity contribution < 1.29 is 24.1 Å². The molecule has 5 heteroatoms. The molecule has 0 atom stereocenters. The highest BCUT2D eigenvalue weighted by Gasteiger charge is 2.24. The fourth-order valence-electron chi connectivity index (χ4n) is 2.08. The van der Waals surface area contributed by atoms with Gasteiger partial charge in [-0.25, -0.2) is 9.18 Å². The average molecular weight is 290 g/mol. The van der Waals surface area contributed by atoms with E-state index in [2.05, 4.69) is 0 Å². The van der Waals surface area contributed by atoms with Crippen LogP contribution in [0.5, 0.6) is 11.5 Å². The average Bonchev–Trinajstić information content (AvgIpc) is 2.46. The van der Waals surface area contributed by atoms with E-state index in [1.165, 1.54) is 13.8 Å². The van der Waals surface area contributed by atoms with Crippen LogP contribution in [0, 0.1) is 19.7 Å². The largest absolute Gasteiger partial charge is 0.507 e. The van der Waals surface area contributed by atoms with Crippen LogP contribution in [0.2, 0.25) is 0 Å². The lowest BCUT2D eigenvalue weighted by Gasteiger charge is -2.15. The van der Waals surface area contributed by atoms with Crippen molar-refractivity contribution in [1.82, 2.24) is 0 Å². The van der Waals surface area contributed by atoms with Crippen LogP contribution in [-0.4, -0.2) is 16.2 Å². The van der Waals surface area contributed by atoms with E-state index in [0.29, 0.717) is 0 Å². The molecule has 2 rings (SSSR count). The van der Waals surface area contributed by atoms with E-state index in [1.54, 1.807) is 0 Å². The number of aromatic carboxylic acids is 1. The van der Waals surface area contributed by atoms with Crippen molar-refractivity contribution in [2.45, 2.75) is 20.5 Å². The van der Waals surface area contributed by atoms with Gasteiger partial charge in [0.2, 0.25) is 0 Å². The summed E-state index contributed by atoms with van der Waals surface area (Å²) >= 11 is 0. The molecule has 0 bridgehead atoms. The van der Waals surface area contributed by atoms with Crippen LogP contribution in [0.1, 0.15) is 27.0 Å². The molecule has 0 amide bonds. The van der Waals surface area contributed by atoms with Crippen LogP contribution in [0.25, 0.3) is 0 Å². The van der Waals surface area contributed by atoms with Crippen molar-refractivity contribution >= 4 is 5.97 Å². The molecule has 2 N–H and O–H groups in total. The van der Waals surface area contributed by atoms with Crippen LogP contribution >= 0.6 is 0 Å². The Kier molecular flexibility index (Phi) is 4.12. The van der Waals surface area contributed by atoms with Gasteiger partial charge in [0.25, 0.3) is 0 Å². The van der Waals surface area contributed by atoms with Gasteiger partial charge in [0.1, 0.15) is 17.9 Å². The third kappa shape index (κ3) is 2.81. The first-order chi connectivity index (χ1) is 9.93. The molecule has 0 aliphatic carbocycles. The normalized spacial score (nSPS) is 10.4. The number of carbonyl (C=O) groups is 1. The molecule has 0 fully saturated rings. The predicted octanol–water partition coefficient (Wildman–Crippen LogP) is 3.43. The first-order valence-corrected chi connectivity index (χ1v) is 6.35. The number of hydrogen-bond donors (Lipinski definition) is 2. The maximum atomic E-state index is 14.3. The fraction of sp³-hybridized carbons (Fsp3) is 0.188. The standard InChI is InChI=1S/C16H15FO4/c1-9-12(16(19)20)14(18)10(2)15(13(9)17)21-8-11-6-4-3-5-7-11/h3-7,18H,8H2,1-2H3,(H,19,20). The minimum atomic E-state index is -1.37. The number of carboxylic acid groups (broad SMARTS) is 1. The molecule has 21 heavy (non-hydrogen) atoms. The molecule has 110 valence electrons. The van der Waals surface area contributed by atoms with Crippen LogP contribution in [0.4, 0.5) is 4.39 Å². The molecule has 0 saturated carbocycles. The lowest BCUT2D eigenvalue weighted by atomic mass is 10.0. The number of ether oxygens (including phenoxy) is 1. The summed E-state index contributed by atoms with van der Waals surface area (Å²) in [6, 6.07) is 9.17. The Morgan fingerprint density at radius 3 is 2.38 bits per heavy atom. The van der Waals surface area contributed by atoms with Crippen LogP contribution in [-0.2, 0) is 6.61 Å². The Labute approximate surface area is 121 Å². The first-order valence-electron chi connectivity index (χ1n) is 6.35. The van der Waals surface area contributed by atoms with Crippen molar-refractivity contribution in [3.63, 3.8) is 0 Å². The second-order valence-electron chi connectivity index (χ2n) is 4.70. The highest BCUT2D eigenvalue weighted by molar-refractivity contribution is 5.93. The van der Waals surface area contributed by atoms with Crippen LogP contribution < -0.4 is 4.74 Å². The van der Waals surface area contributed by atoms with Gasteiger partial charge in [0.15, 0.2) is 11.6 Å². The van der Waals surface area contributed by atoms with Gasteiger partial charge >= 0.3 is 5.97 Å². The molecule has 2 aromatic rings. The second kappa shape index (κ2) is 5.83. The van der Waals surface area contributed by atoms with Crippen LogP contribution in [0.15, 0.2) is 30.3 Å². The van der Waals surface area contributed by atoms with E-state index in [0.717, 1.165) is 5.56 Å². The third-order valence-electron chi connectivity index (χ3n) is 3.28. The molecule has 2 aromatic carbocycles. The zero-order valence-corrected chi connectivity index (χ0v) is 11.7. The molecule has 4 nitrogen and oxygen atoms in total. The Bertz CT molecular complexity index is 651. The van der Waals surface area contributed by atoms with Crippen molar-refractivity contribution in [2.75, 3.05) is 0 Å². The molecule has 0 spiro atoms. The number of benzene rings is 2. The highest BCUT2D eigenvalue weighted by Crippen LogP contribution is 2.37. The zero-order chi connectivity index (χ0) is 15.6.